The van der Waals surface area contributed by atoms with Crippen molar-refractivity contribution in [2.45, 2.75) is 18.6 Å². The van der Waals surface area contributed by atoms with Crippen LogP contribution in [0.2, 0.25) is 0 Å². The molecule has 0 amide bonds. The van der Waals surface area contributed by atoms with Crippen LogP contribution in [0.25, 0.3) is 11.3 Å². The molecule has 1 saturated heterocycles. The second-order valence-corrected chi connectivity index (χ2v) is 9.10. The third-order valence-electron chi connectivity index (χ3n) is 6.34. The van der Waals surface area contributed by atoms with Crippen molar-refractivity contribution in [3.05, 3.63) is 107 Å². The summed E-state index contributed by atoms with van der Waals surface area (Å²) >= 11 is 5.72. The van der Waals surface area contributed by atoms with Crippen LogP contribution in [0.15, 0.2) is 83.4 Å². The number of benzene rings is 2. The summed E-state index contributed by atoms with van der Waals surface area (Å²) in [6.07, 6.45) is 1.71. The molecular formula is C28H23N3O6S. The fourth-order valence-corrected chi connectivity index (χ4v) is 4.80. The van der Waals surface area contributed by atoms with E-state index in [4.69, 9.17) is 21.4 Å². The molecule has 0 bridgehead atoms. The number of pyridine rings is 1. The Balaban J connectivity index is 1.55. The van der Waals surface area contributed by atoms with Gasteiger partial charge in [0.1, 0.15) is 23.3 Å². The van der Waals surface area contributed by atoms with Gasteiger partial charge in [-0.05, 0) is 72.4 Å². The number of hydrogen-bond donors (Lipinski definition) is 3. The number of ether oxygens (including phenoxy) is 1. The molecule has 1 fully saturated rings. The molecule has 2 aromatic heterocycles. The summed E-state index contributed by atoms with van der Waals surface area (Å²) in [5.41, 5.74) is 1.84. The maximum atomic E-state index is 11.6. The van der Waals surface area contributed by atoms with Crippen LogP contribution in [0.5, 0.6) is 5.75 Å². The van der Waals surface area contributed by atoms with Crippen LogP contribution in [-0.2, 0) is 6.54 Å². The average Bonchev–Trinajstić information content (AvgIpc) is 3.54. The Labute approximate surface area is 223 Å². The molecule has 0 aliphatic carbocycles. The van der Waals surface area contributed by atoms with Gasteiger partial charge in [0.15, 0.2) is 5.11 Å². The zero-order valence-electron chi connectivity index (χ0n) is 20.2. The molecule has 38 heavy (non-hydrogen) atoms. The van der Waals surface area contributed by atoms with Crippen molar-refractivity contribution in [2.24, 2.45) is 0 Å². The van der Waals surface area contributed by atoms with Gasteiger partial charge in [0.05, 0.1) is 30.0 Å². The summed E-state index contributed by atoms with van der Waals surface area (Å²) in [6.45, 7) is 0.484. The number of carboxylic acids is 2. The lowest BCUT2D eigenvalue weighted by Crippen LogP contribution is -2.29. The van der Waals surface area contributed by atoms with E-state index < -0.39 is 11.9 Å². The van der Waals surface area contributed by atoms with Crippen LogP contribution in [-0.4, -0.2) is 44.3 Å². The minimum absolute atomic E-state index is 0.144. The standard InChI is InChI=1S/C28H23N3O6S/c1-36-20-7-5-16(6-8-20)15-31-25(24(30-28(31)38)21-4-2-3-11-29-21)23-10-9-22(37-23)17-12-18(26(32)33)14-19(13-17)27(34)35/h2-14,24-25H,15H2,1H3,(H,30,38)(H,32,33)(H,34,35)/t24-,25-/m0/s1. The lowest BCUT2D eigenvalue weighted by molar-refractivity contribution is 0.0696. The Morgan fingerprint density at radius 3 is 2.34 bits per heavy atom. The predicted molar refractivity (Wildman–Crippen MR) is 142 cm³/mol. The van der Waals surface area contributed by atoms with Crippen LogP contribution < -0.4 is 10.1 Å². The van der Waals surface area contributed by atoms with E-state index >= 15 is 0 Å². The SMILES string of the molecule is COc1ccc(CN2C(=S)N[C@@H](c3ccccn3)[C@@H]2c2ccc(-c3cc(C(=O)O)cc(C(=O)O)c3)o2)cc1. The molecule has 1 aliphatic rings. The Hall–Kier alpha value is -4.70. The number of rotatable bonds is 8. The van der Waals surface area contributed by atoms with Crippen LogP contribution in [0.1, 0.15) is 49.8 Å². The van der Waals surface area contributed by atoms with E-state index in [2.05, 4.69) is 10.3 Å². The molecule has 3 heterocycles. The topological polar surface area (TPSA) is 125 Å². The largest absolute Gasteiger partial charge is 0.497 e. The minimum Gasteiger partial charge on any atom is -0.497 e. The van der Waals surface area contributed by atoms with Gasteiger partial charge in [0, 0.05) is 18.3 Å². The molecule has 2 aromatic carbocycles. The number of methoxy groups -OCH3 is 1. The molecule has 4 aromatic rings. The first kappa shape index (κ1) is 25.0. The summed E-state index contributed by atoms with van der Waals surface area (Å²) in [5, 5.41) is 22.8. The summed E-state index contributed by atoms with van der Waals surface area (Å²) in [6, 6.07) is 20.0. The number of nitrogens with zero attached hydrogens (tertiary/aromatic N) is 2. The van der Waals surface area contributed by atoms with E-state index in [0.29, 0.717) is 28.7 Å². The smallest absolute Gasteiger partial charge is 0.335 e. The first-order chi connectivity index (χ1) is 18.3. The zero-order chi connectivity index (χ0) is 26.8. The summed E-state index contributed by atoms with van der Waals surface area (Å²) in [5.74, 6) is -0.805. The number of nitrogens with one attached hydrogen (secondary N) is 1. The van der Waals surface area contributed by atoms with Crippen molar-refractivity contribution < 1.29 is 29.0 Å². The fourth-order valence-electron chi connectivity index (χ4n) is 4.50. The summed E-state index contributed by atoms with van der Waals surface area (Å²) in [7, 11) is 1.61. The molecule has 10 heteroatoms. The highest BCUT2D eigenvalue weighted by Gasteiger charge is 2.41. The molecule has 192 valence electrons. The van der Waals surface area contributed by atoms with Crippen LogP contribution >= 0.6 is 12.2 Å². The van der Waals surface area contributed by atoms with Crippen molar-refractivity contribution in [1.29, 1.82) is 0 Å². The monoisotopic (exact) mass is 529 g/mol. The van der Waals surface area contributed by atoms with Gasteiger partial charge in [-0.2, -0.15) is 0 Å². The second-order valence-electron chi connectivity index (χ2n) is 8.71. The van der Waals surface area contributed by atoms with Gasteiger partial charge in [-0.15, -0.1) is 0 Å². The van der Waals surface area contributed by atoms with Gasteiger partial charge in [0.2, 0.25) is 0 Å². The summed E-state index contributed by atoms with van der Waals surface area (Å²) < 4.78 is 11.5. The van der Waals surface area contributed by atoms with Crippen LogP contribution in [0.4, 0.5) is 0 Å². The fraction of sp³-hybridized carbons (Fsp3) is 0.143. The first-order valence-electron chi connectivity index (χ1n) is 11.7. The molecule has 1 aliphatic heterocycles. The van der Waals surface area contributed by atoms with E-state index in [9.17, 15) is 19.8 Å². The maximum absolute atomic E-state index is 11.6. The molecule has 3 N–H and O–H groups in total. The molecule has 0 radical (unpaired) electrons. The molecule has 0 saturated carbocycles. The summed E-state index contributed by atoms with van der Waals surface area (Å²) in [4.78, 5) is 29.7. The van der Waals surface area contributed by atoms with Crippen LogP contribution in [0.3, 0.4) is 0 Å². The second kappa shape index (κ2) is 10.3. The first-order valence-corrected chi connectivity index (χ1v) is 12.1. The van der Waals surface area contributed by atoms with Gasteiger partial charge in [-0.3, -0.25) is 4.98 Å². The highest BCUT2D eigenvalue weighted by Crippen LogP contribution is 2.41. The lowest BCUT2D eigenvalue weighted by Gasteiger charge is -2.26. The third-order valence-corrected chi connectivity index (χ3v) is 6.69. The molecular weight excluding hydrogens is 506 g/mol. The van der Waals surface area contributed by atoms with Gasteiger partial charge >= 0.3 is 11.9 Å². The van der Waals surface area contributed by atoms with E-state index in [1.807, 2.05) is 47.4 Å². The number of aromatic carboxylic acids is 2. The normalized spacial score (nSPS) is 16.8. The molecule has 2 atom stereocenters. The number of aromatic nitrogens is 1. The Bertz CT molecular complexity index is 1470. The van der Waals surface area contributed by atoms with Gasteiger partial charge in [-0.25, -0.2) is 9.59 Å². The van der Waals surface area contributed by atoms with Crippen molar-refractivity contribution in [3.8, 4) is 17.1 Å². The highest BCUT2D eigenvalue weighted by atomic mass is 32.1. The van der Waals surface area contributed by atoms with E-state index in [0.717, 1.165) is 23.1 Å². The van der Waals surface area contributed by atoms with Crippen molar-refractivity contribution in [2.75, 3.05) is 7.11 Å². The van der Waals surface area contributed by atoms with E-state index in [1.165, 1.54) is 12.1 Å². The molecule has 0 unspecified atom stereocenters. The number of carbonyl (C=O) groups is 2. The number of furan rings is 1. The van der Waals surface area contributed by atoms with Gasteiger partial charge in [-0.1, -0.05) is 18.2 Å². The molecule has 0 spiro atoms. The van der Waals surface area contributed by atoms with Crippen molar-refractivity contribution >= 4 is 29.3 Å². The number of thiocarbonyl (C=S) groups is 1. The van der Waals surface area contributed by atoms with E-state index in [1.54, 1.807) is 25.4 Å². The lowest BCUT2D eigenvalue weighted by atomic mass is 10.0. The van der Waals surface area contributed by atoms with Crippen molar-refractivity contribution in [1.82, 2.24) is 15.2 Å². The van der Waals surface area contributed by atoms with E-state index in [-0.39, 0.29) is 23.2 Å². The van der Waals surface area contributed by atoms with Gasteiger partial charge < -0.3 is 29.6 Å². The molecule has 9 nitrogen and oxygen atoms in total. The third kappa shape index (κ3) is 4.94. The Morgan fingerprint density at radius 1 is 1.03 bits per heavy atom. The zero-order valence-corrected chi connectivity index (χ0v) is 21.0. The van der Waals surface area contributed by atoms with Gasteiger partial charge in [0.25, 0.3) is 0 Å². The van der Waals surface area contributed by atoms with Crippen molar-refractivity contribution in [3.63, 3.8) is 0 Å². The predicted octanol–water partition coefficient (Wildman–Crippen LogP) is 4.92. The van der Waals surface area contributed by atoms with Crippen LogP contribution in [0, 0.1) is 0 Å². The maximum Gasteiger partial charge on any atom is 0.335 e. The number of carboxylic acid groups (broad SMARTS) is 2. The number of hydrogen-bond acceptors (Lipinski definition) is 6. The molecule has 5 rings (SSSR count). The highest BCUT2D eigenvalue weighted by molar-refractivity contribution is 7.80. The quantitative estimate of drug-likeness (QED) is 0.271. The Morgan fingerprint density at radius 2 is 1.74 bits per heavy atom. The average molecular weight is 530 g/mol. The Kier molecular flexibility index (Phi) is 6.80. The minimum atomic E-state index is -1.23.